The van der Waals surface area contributed by atoms with Crippen molar-refractivity contribution in [2.24, 2.45) is 0 Å². The van der Waals surface area contributed by atoms with Gasteiger partial charge in [0.25, 0.3) is 0 Å². The normalized spacial score (nSPS) is 11.4. The first-order valence-electron chi connectivity index (χ1n) is 9.01. The number of carbonyl (C=O) groups excluding carboxylic acids is 1. The van der Waals surface area contributed by atoms with Crippen molar-refractivity contribution >= 4 is 19.6 Å². The van der Waals surface area contributed by atoms with Crippen LogP contribution in [0, 0.1) is 11.3 Å². The second kappa shape index (κ2) is 9.70. The van der Waals surface area contributed by atoms with Crippen molar-refractivity contribution in [3.63, 3.8) is 0 Å². The molecule has 0 atom stereocenters. The van der Waals surface area contributed by atoms with Crippen LogP contribution in [-0.4, -0.2) is 20.7 Å². The molecule has 0 fully saturated rings. The number of hydrogen-bond donors (Lipinski definition) is 0. The number of hydrogen-bond acceptors (Lipinski definition) is 3. The third kappa shape index (κ3) is 6.73. The largest absolute Gasteiger partial charge is 0.462 e. The summed E-state index contributed by atoms with van der Waals surface area (Å²) in [5, 5.41) is 9.37. The zero-order valence-corrected chi connectivity index (χ0v) is 17.1. The number of nitrogens with zero attached hydrogens (tertiary/aromatic N) is 1. The molecule has 0 unspecified atom stereocenters. The van der Waals surface area contributed by atoms with Crippen molar-refractivity contribution in [2.75, 3.05) is 6.61 Å². The summed E-state index contributed by atoms with van der Waals surface area (Å²) in [5.41, 5.74) is 2.99. The first kappa shape index (κ1) is 20.4. The fourth-order valence-electron chi connectivity index (χ4n) is 2.44. The Kier molecular flexibility index (Phi) is 7.33. The monoisotopic (exact) mass is 375 g/mol. The Morgan fingerprint density at radius 2 is 1.48 bits per heavy atom. The van der Waals surface area contributed by atoms with Gasteiger partial charge in [-0.15, -0.1) is 0 Å². The molecule has 0 bridgehead atoms. The fourth-order valence-corrected chi connectivity index (χ4v) is 3.15. The molecule has 0 N–H and O–H groups in total. The second-order valence-corrected chi connectivity index (χ2v) is 13.1. The molecule has 0 amide bonds. The van der Waals surface area contributed by atoms with Crippen LogP contribution >= 0.6 is 0 Å². The van der Waals surface area contributed by atoms with Gasteiger partial charge < -0.3 is 4.74 Å². The highest BCUT2D eigenvalue weighted by Gasteiger charge is 2.15. The molecular formula is C23H25NO2Si. The number of esters is 1. The summed E-state index contributed by atoms with van der Waals surface area (Å²) < 4.78 is 5.29. The van der Waals surface area contributed by atoms with Crippen LogP contribution in [-0.2, 0) is 9.53 Å². The van der Waals surface area contributed by atoms with Crippen molar-refractivity contribution in [3.05, 3.63) is 89.5 Å². The van der Waals surface area contributed by atoms with Crippen LogP contribution in [0.1, 0.15) is 11.1 Å². The van der Waals surface area contributed by atoms with Gasteiger partial charge in [0.1, 0.15) is 11.6 Å². The number of benzene rings is 2. The molecule has 3 nitrogen and oxygen atoms in total. The van der Waals surface area contributed by atoms with Crippen LogP contribution in [0.25, 0.3) is 5.57 Å². The lowest BCUT2D eigenvalue weighted by atomic mass is 9.97. The van der Waals surface area contributed by atoms with Gasteiger partial charge in [0.15, 0.2) is 0 Å². The minimum absolute atomic E-state index is 0.00920. The minimum atomic E-state index is -1.29. The second-order valence-electron chi connectivity index (χ2n) is 7.45. The summed E-state index contributed by atoms with van der Waals surface area (Å²) in [6.45, 7) is 7.02. The molecule has 0 heterocycles. The molecule has 0 aliphatic rings. The quantitative estimate of drug-likeness (QED) is 0.213. The average molecular weight is 376 g/mol. The van der Waals surface area contributed by atoms with E-state index in [2.05, 4.69) is 19.6 Å². The van der Waals surface area contributed by atoms with Crippen molar-refractivity contribution in [1.82, 2.24) is 0 Å². The highest BCUT2D eigenvalue weighted by molar-refractivity contribution is 6.76. The van der Waals surface area contributed by atoms with Gasteiger partial charge in [-0.25, -0.2) is 4.79 Å². The van der Waals surface area contributed by atoms with Gasteiger partial charge in [0, 0.05) is 8.07 Å². The predicted octanol–water partition coefficient (Wildman–Crippen LogP) is 5.45. The Morgan fingerprint density at radius 1 is 0.963 bits per heavy atom. The summed E-state index contributed by atoms with van der Waals surface area (Å²) >= 11 is 0. The van der Waals surface area contributed by atoms with Crippen molar-refractivity contribution < 1.29 is 9.53 Å². The van der Waals surface area contributed by atoms with Crippen molar-refractivity contribution in [1.29, 1.82) is 5.26 Å². The lowest BCUT2D eigenvalue weighted by Gasteiger charge is -2.15. The molecule has 138 valence electrons. The third-order valence-corrected chi connectivity index (χ3v) is 5.72. The van der Waals surface area contributed by atoms with E-state index in [9.17, 15) is 10.1 Å². The minimum Gasteiger partial charge on any atom is -0.462 e. The Bertz CT molecular complexity index is 815. The molecule has 0 saturated heterocycles. The molecule has 0 spiro atoms. The van der Waals surface area contributed by atoms with E-state index < -0.39 is 14.0 Å². The molecule has 2 aromatic carbocycles. The number of rotatable bonds is 7. The number of carbonyl (C=O) groups is 1. The van der Waals surface area contributed by atoms with Crippen LogP contribution in [0.2, 0.25) is 25.7 Å². The standard InChI is InChI=1S/C23H25NO2Si/c1-27(2,3)17-16-26-23(25)21(18-24)14-15-22(19-10-6-4-7-11-19)20-12-8-5-9-13-20/h4-15H,16-17H2,1-3H3/b21-14-. The highest BCUT2D eigenvalue weighted by atomic mass is 28.3. The molecule has 0 aliphatic heterocycles. The highest BCUT2D eigenvalue weighted by Crippen LogP contribution is 2.23. The number of ether oxygens (including phenoxy) is 1. The van der Waals surface area contributed by atoms with E-state index in [4.69, 9.17) is 4.74 Å². The first-order chi connectivity index (χ1) is 12.9. The Morgan fingerprint density at radius 3 is 1.93 bits per heavy atom. The smallest absolute Gasteiger partial charge is 0.348 e. The van der Waals surface area contributed by atoms with E-state index in [0.29, 0.717) is 6.61 Å². The van der Waals surface area contributed by atoms with E-state index in [1.54, 1.807) is 6.08 Å². The number of nitriles is 1. The maximum Gasteiger partial charge on any atom is 0.348 e. The van der Waals surface area contributed by atoms with Crippen LogP contribution in [0.3, 0.4) is 0 Å². The van der Waals surface area contributed by atoms with Gasteiger partial charge in [-0.1, -0.05) is 86.4 Å². The zero-order chi connectivity index (χ0) is 19.7. The maximum atomic E-state index is 12.2. The van der Waals surface area contributed by atoms with Crippen molar-refractivity contribution in [3.8, 4) is 6.07 Å². The van der Waals surface area contributed by atoms with Crippen LogP contribution in [0.5, 0.6) is 0 Å². The summed E-state index contributed by atoms with van der Waals surface area (Å²) in [6.07, 6.45) is 3.36. The summed E-state index contributed by atoms with van der Waals surface area (Å²) in [4.78, 5) is 12.2. The van der Waals surface area contributed by atoms with E-state index in [-0.39, 0.29) is 5.57 Å². The van der Waals surface area contributed by atoms with Crippen LogP contribution < -0.4 is 0 Å². The van der Waals surface area contributed by atoms with Crippen LogP contribution in [0.4, 0.5) is 0 Å². The van der Waals surface area contributed by atoms with E-state index in [0.717, 1.165) is 22.7 Å². The first-order valence-corrected chi connectivity index (χ1v) is 12.7. The molecule has 2 aromatic rings. The molecule has 2 rings (SSSR count). The zero-order valence-electron chi connectivity index (χ0n) is 16.1. The predicted molar refractivity (Wildman–Crippen MR) is 113 cm³/mol. The molecule has 0 saturated carbocycles. The topological polar surface area (TPSA) is 50.1 Å². The van der Waals surface area contributed by atoms with Crippen molar-refractivity contribution in [2.45, 2.75) is 25.7 Å². The number of allylic oxidation sites excluding steroid dienone is 2. The summed E-state index contributed by atoms with van der Waals surface area (Å²) in [5.74, 6) is -0.563. The van der Waals surface area contributed by atoms with Crippen LogP contribution in [0.15, 0.2) is 78.4 Å². The molecule has 0 radical (unpaired) electrons. The van der Waals surface area contributed by atoms with E-state index >= 15 is 0 Å². The lowest BCUT2D eigenvalue weighted by Crippen LogP contribution is -2.23. The Labute approximate surface area is 162 Å². The van der Waals surface area contributed by atoms with E-state index in [1.807, 2.05) is 72.8 Å². The third-order valence-electron chi connectivity index (χ3n) is 4.01. The Hall–Kier alpha value is -2.90. The molecule has 0 aromatic heterocycles. The Balaban J connectivity index is 2.27. The SMILES string of the molecule is C[Si](C)(C)CCOC(=O)/C(C#N)=C\C=C(c1ccccc1)c1ccccc1. The molecule has 27 heavy (non-hydrogen) atoms. The van der Waals surface area contributed by atoms with Gasteiger partial charge in [0.2, 0.25) is 0 Å². The van der Waals surface area contributed by atoms with Gasteiger partial charge in [-0.05, 0) is 28.8 Å². The molecule has 0 aliphatic carbocycles. The van der Waals surface area contributed by atoms with Gasteiger partial charge in [0.05, 0.1) is 6.61 Å². The van der Waals surface area contributed by atoms with Gasteiger partial charge in [-0.3, -0.25) is 0 Å². The van der Waals surface area contributed by atoms with E-state index in [1.165, 1.54) is 0 Å². The van der Waals surface area contributed by atoms with Gasteiger partial charge in [-0.2, -0.15) is 5.26 Å². The van der Waals surface area contributed by atoms with Gasteiger partial charge >= 0.3 is 5.97 Å². The average Bonchev–Trinajstić information content (AvgIpc) is 2.65. The molecular weight excluding hydrogens is 350 g/mol. The lowest BCUT2D eigenvalue weighted by molar-refractivity contribution is -0.138. The summed E-state index contributed by atoms with van der Waals surface area (Å²) in [7, 11) is -1.29. The molecule has 4 heteroatoms. The fraction of sp³-hybridized carbons (Fsp3) is 0.217. The maximum absolute atomic E-state index is 12.2. The summed E-state index contributed by atoms with van der Waals surface area (Å²) in [6, 6.07) is 22.6.